The van der Waals surface area contributed by atoms with Gasteiger partial charge in [-0.2, -0.15) is 5.26 Å². The Balaban J connectivity index is 2.21. The number of amides is 1. The second-order valence-corrected chi connectivity index (χ2v) is 5.80. The molecule has 130 valence electrons. The average molecular weight is 338 g/mol. The Kier molecular flexibility index (Phi) is 6.02. The number of benzene rings is 2. The maximum Gasteiger partial charge on any atom is 0.242 e. The molecule has 1 atom stereocenters. The van der Waals surface area contributed by atoms with Crippen molar-refractivity contribution in [2.75, 3.05) is 19.5 Å². The van der Waals surface area contributed by atoms with Crippen molar-refractivity contribution in [3.63, 3.8) is 0 Å². The zero-order valence-corrected chi connectivity index (χ0v) is 14.9. The summed E-state index contributed by atoms with van der Waals surface area (Å²) in [5, 5.41) is 12.3. The molecular formula is C20H22N2O3. The van der Waals surface area contributed by atoms with Gasteiger partial charge in [0.2, 0.25) is 5.91 Å². The number of nitrogens with one attached hydrogen (secondary N) is 1. The molecule has 1 N–H and O–H groups in total. The third kappa shape index (κ3) is 4.30. The lowest BCUT2D eigenvalue weighted by Crippen LogP contribution is -2.24. The predicted molar refractivity (Wildman–Crippen MR) is 96.9 cm³/mol. The molecule has 0 aromatic heterocycles. The Morgan fingerprint density at radius 3 is 2.60 bits per heavy atom. The highest BCUT2D eigenvalue weighted by molar-refractivity contribution is 5.95. The highest BCUT2D eigenvalue weighted by Gasteiger charge is 2.21. The molecule has 2 rings (SSSR count). The fourth-order valence-corrected chi connectivity index (χ4v) is 2.56. The Labute approximate surface area is 148 Å². The van der Waals surface area contributed by atoms with Gasteiger partial charge in [-0.05, 0) is 54.8 Å². The summed E-state index contributed by atoms with van der Waals surface area (Å²) in [6.45, 7) is 3.92. The second-order valence-electron chi connectivity index (χ2n) is 5.80. The largest absolute Gasteiger partial charge is 0.497 e. The number of hydrogen-bond donors (Lipinski definition) is 1. The van der Waals surface area contributed by atoms with Crippen LogP contribution in [0, 0.1) is 31.1 Å². The Morgan fingerprint density at radius 1 is 1.20 bits per heavy atom. The summed E-state index contributed by atoms with van der Waals surface area (Å²) in [5.74, 6) is 0.116. The van der Waals surface area contributed by atoms with Gasteiger partial charge < -0.3 is 14.8 Å². The number of nitrogens with zero attached hydrogens (tertiary/aromatic N) is 1. The first kappa shape index (κ1) is 18.3. The first-order valence-electron chi connectivity index (χ1n) is 7.97. The van der Waals surface area contributed by atoms with E-state index in [1.807, 2.05) is 32.0 Å². The third-order valence-electron chi connectivity index (χ3n) is 4.25. The van der Waals surface area contributed by atoms with E-state index in [4.69, 9.17) is 9.47 Å². The normalized spacial score (nSPS) is 11.3. The van der Waals surface area contributed by atoms with Gasteiger partial charge in [-0.15, -0.1) is 0 Å². The van der Waals surface area contributed by atoms with E-state index in [0.717, 1.165) is 22.4 Å². The molecule has 0 fully saturated rings. The quantitative estimate of drug-likeness (QED) is 0.873. The monoisotopic (exact) mass is 338 g/mol. The van der Waals surface area contributed by atoms with Gasteiger partial charge in [0.25, 0.3) is 0 Å². The maximum atomic E-state index is 12.6. The van der Waals surface area contributed by atoms with E-state index < -0.39 is 5.92 Å². The number of hydrogen-bond acceptors (Lipinski definition) is 4. The zero-order chi connectivity index (χ0) is 18.4. The smallest absolute Gasteiger partial charge is 0.242 e. The molecule has 0 unspecified atom stereocenters. The van der Waals surface area contributed by atoms with Crippen molar-refractivity contribution in [1.29, 1.82) is 5.26 Å². The highest BCUT2D eigenvalue weighted by Crippen LogP contribution is 2.27. The molecular weight excluding hydrogens is 316 g/mol. The molecule has 2 aromatic rings. The van der Waals surface area contributed by atoms with E-state index in [9.17, 15) is 10.1 Å². The molecule has 0 bridgehead atoms. The Hall–Kier alpha value is -3.00. The Bertz CT molecular complexity index is 809. The number of carbonyl (C=O) groups excluding carboxylic acids is 1. The summed E-state index contributed by atoms with van der Waals surface area (Å²) in [5.41, 5.74) is 3.56. The van der Waals surface area contributed by atoms with E-state index in [1.165, 1.54) is 0 Å². The summed E-state index contributed by atoms with van der Waals surface area (Å²) in [6, 6.07) is 13.1. The van der Waals surface area contributed by atoms with Crippen LogP contribution in [0.15, 0.2) is 36.4 Å². The van der Waals surface area contributed by atoms with Crippen LogP contribution in [0.3, 0.4) is 0 Å². The standard InChI is InChI=1S/C20H22N2O3/c1-13-6-5-7-18(14(13)2)22-20(23)16(12-21)10-15-11-17(24-3)8-9-19(15)25-4/h5-9,11,16H,10H2,1-4H3,(H,22,23)/t16-/m1/s1. The van der Waals surface area contributed by atoms with E-state index in [1.54, 1.807) is 32.4 Å². The molecule has 0 aliphatic rings. The molecule has 0 saturated carbocycles. The minimum absolute atomic E-state index is 0.244. The molecule has 5 nitrogen and oxygen atoms in total. The van der Waals surface area contributed by atoms with Gasteiger partial charge in [0.15, 0.2) is 0 Å². The number of aryl methyl sites for hydroxylation is 1. The minimum Gasteiger partial charge on any atom is -0.497 e. The summed E-state index contributed by atoms with van der Waals surface area (Å²) in [6.07, 6.45) is 0.244. The average Bonchev–Trinajstić information content (AvgIpc) is 2.63. The van der Waals surface area contributed by atoms with E-state index in [-0.39, 0.29) is 12.3 Å². The highest BCUT2D eigenvalue weighted by atomic mass is 16.5. The second kappa shape index (κ2) is 8.20. The fraction of sp³-hybridized carbons (Fsp3) is 0.300. The maximum absolute atomic E-state index is 12.6. The lowest BCUT2D eigenvalue weighted by Gasteiger charge is -2.15. The van der Waals surface area contributed by atoms with Crippen LogP contribution in [0.1, 0.15) is 16.7 Å². The number of ether oxygens (including phenoxy) is 2. The number of nitriles is 1. The van der Waals surface area contributed by atoms with Gasteiger partial charge in [0.1, 0.15) is 17.4 Å². The molecule has 5 heteroatoms. The lowest BCUT2D eigenvalue weighted by molar-refractivity contribution is -0.118. The van der Waals surface area contributed by atoms with Crippen molar-refractivity contribution in [2.45, 2.75) is 20.3 Å². The van der Waals surface area contributed by atoms with Crippen LogP contribution in [0.4, 0.5) is 5.69 Å². The van der Waals surface area contributed by atoms with Crippen molar-refractivity contribution in [2.24, 2.45) is 5.92 Å². The van der Waals surface area contributed by atoms with Gasteiger partial charge in [-0.25, -0.2) is 0 Å². The molecule has 1 amide bonds. The first-order chi connectivity index (χ1) is 12.0. The van der Waals surface area contributed by atoms with Crippen molar-refractivity contribution in [1.82, 2.24) is 0 Å². The molecule has 0 radical (unpaired) electrons. The van der Waals surface area contributed by atoms with Crippen LogP contribution in [-0.4, -0.2) is 20.1 Å². The van der Waals surface area contributed by atoms with Crippen LogP contribution in [-0.2, 0) is 11.2 Å². The molecule has 0 aliphatic heterocycles. The fourth-order valence-electron chi connectivity index (χ4n) is 2.56. The molecule has 2 aromatic carbocycles. The topological polar surface area (TPSA) is 71.3 Å². The number of anilines is 1. The summed E-state index contributed by atoms with van der Waals surface area (Å²) >= 11 is 0. The van der Waals surface area contributed by atoms with Crippen molar-refractivity contribution >= 4 is 11.6 Å². The van der Waals surface area contributed by atoms with Crippen LogP contribution < -0.4 is 14.8 Å². The van der Waals surface area contributed by atoms with Crippen molar-refractivity contribution < 1.29 is 14.3 Å². The molecule has 25 heavy (non-hydrogen) atoms. The zero-order valence-electron chi connectivity index (χ0n) is 14.9. The van der Waals surface area contributed by atoms with Crippen LogP contribution >= 0.6 is 0 Å². The molecule has 0 spiro atoms. The summed E-state index contributed by atoms with van der Waals surface area (Å²) < 4.78 is 10.5. The molecule has 0 saturated heterocycles. The lowest BCUT2D eigenvalue weighted by atomic mass is 9.98. The van der Waals surface area contributed by atoms with Crippen LogP contribution in [0.5, 0.6) is 11.5 Å². The number of rotatable bonds is 6. The van der Waals surface area contributed by atoms with Crippen molar-refractivity contribution in [3.8, 4) is 17.6 Å². The van der Waals surface area contributed by atoms with E-state index in [0.29, 0.717) is 11.5 Å². The molecule has 0 aliphatic carbocycles. The van der Waals surface area contributed by atoms with E-state index in [2.05, 4.69) is 11.4 Å². The van der Waals surface area contributed by atoms with Gasteiger partial charge >= 0.3 is 0 Å². The van der Waals surface area contributed by atoms with Gasteiger partial charge in [0, 0.05) is 12.1 Å². The SMILES string of the molecule is COc1ccc(OC)c(C[C@H](C#N)C(=O)Nc2cccc(C)c2C)c1. The summed E-state index contributed by atoms with van der Waals surface area (Å²) in [4.78, 5) is 12.6. The van der Waals surface area contributed by atoms with Gasteiger partial charge in [-0.3, -0.25) is 4.79 Å². The van der Waals surface area contributed by atoms with Crippen LogP contribution in [0.25, 0.3) is 0 Å². The number of carbonyl (C=O) groups is 1. The van der Waals surface area contributed by atoms with E-state index >= 15 is 0 Å². The van der Waals surface area contributed by atoms with Gasteiger partial charge in [0.05, 0.1) is 20.3 Å². The third-order valence-corrected chi connectivity index (χ3v) is 4.25. The predicted octanol–water partition coefficient (Wildman–Crippen LogP) is 3.64. The van der Waals surface area contributed by atoms with Crippen molar-refractivity contribution in [3.05, 3.63) is 53.1 Å². The number of methoxy groups -OCH3 is 2. The summed E-state index contributed by atoms with van der Waals surface area (Å²) in [7, 11) is 3.13. The van der Waals surface area contributed by atoms with Gasteiger partial charge in [-0.1, -0.05) is 12.1 Å². The molecule has 0 heterocycles. The first-order valence-corrected chi connectivity index (χ1v) is 7.97. The minimum atomic E-state index is -0.832. The van der Waals surface area contributed by atoms with Crippen LogP contribution in [0.2, 0.25) is 0 Å². The Morgan fingerprint density at radius 2 is 1.96 bits per heavy atom.